The van der Waals surface area contributed by atoms with E-state index in [1.807, 2.05) is 19.1 Å². The number of benzene rings is 2. The third-order valence-corrected chi connectivity index (χ3v) is 9.44. The van der Waals surface area contributed by atoms with E-state index in [1.165, 1.54) is 4.90 Å². The number of amides is 2. The molecular formula is C26H30N2O6S. The minimum atomic E-state index is -3.35. The molecule has 2 aliphatic heterocycles. The lowest BCUT2D eigenvalue weighted by Gasteiger charge is -2.41. The first-order chi connectivity index (χ1) is 16.8. The Hall–Kier alpha value is -2.91. The first-order valence-corrected chi connectivity index (χ1v) is 13.7. The van der Waals surface area contributed by atoms with E-state index in [2.05, 4.69) is 0 Å². The number of hydrogen-bond acceptors (Lipinski definition) is 5. The van der Waals surface area contributed by atoms with Crippen LogP contribution in [0, 0.1) is 5.92 Å². The van der Waals surface area contributed by atoms with Gasteiger partial charge in [-0.25, -0.2) is 13.2 Å². The fourth-order valence-electron chi connectivity index (χ4n) is 5.09. The van der Waals surface area contributed by atoms with Crippen molar-refractivity contribution < 1.29 is 27.9 Å². The molecule has 9 heteroatoms. The normalized spacial score (nSPS) is 21.0. The molecule has 2 aromatic carbocycles. The zero-order valence-corrected chi connectivity index (χ0v) is 20.5. The van der Waals surface area contributed by atoms with Crippen molar-refractivity contribution in [3.63, 3.8) is 0 Å². The average molecular weight is 499 g/mol. The van der Waals surface area contributed by atoms with Crippen molar-refractivity contribution in [1.29, 1.82) is 0 Å². The van der Waals surface area contributed by atoms with E-state index >= 15 is 0 Å². The van der Waals surface area contributed by atoms with Crippen molar-refractivity contribution in [2.24, 2.45) is 5.92 Å². The lowest BCUT2D eigenvalue weighted by atomic mass is 9.94. The molecule has 0 radical (unpaired) electrons. The molecule has 35 heavy (non-hydrogen) atoms. The number of rotatable bonds is 5. The minimum Gasteiger partial charge on any atom is -0.465 e. The molecule has 1 N–H and O–H groups in total. The minimum absolute atomic E-state index is 0.0130. The standard InChI is InChI=1S/C26H30N2O6S/c1-17-16-27(26(30)31)24-15-20(19-3-2-4-22(14-19)35(32,33)21-6-7-21)5-8-23(24)28(17)25(29)13-18-9-11-34-12-10-18/h2-5,8,14-15,17-18,21H,6-7,9-13,16H2,1H3,(H,30,31)/t17-/m0/s1. The number of nitrogens with zero attached hydrogens (tertiary/aromatic N) is 2. The topological polar surface area (TPSA) is 104 Å². The van der Waals surface area contributed by atoms with Crippen molar-refractivity contribution >= 4 is 33.2 Å². The maximum Gasteiger partial charge on any atom is 0.411 e. The quantitative estimate of drug-likeness (QED) is 0.658. The summed E-state index contributed by atoms with van der Waals surface area (Å²) >= 11 is 0. The molecule has 1 saturated heterocycles. The van der Waals surface area contributed by atoms with E-state index in [9.17, 15) is 23.1 Å². The molecule has 5 rings (SSSR count). The molecule has 8 nitrogen and oxygen atoms in total. The Balaban J connectivity index is 1.50. The molecule has 0 bridgehead atoms. The first kappa shape index (κ1) is 23.8. The highest BCUT2D eigenvalue weighted by atomic mass is 32.2. The largest absolute Gasteiger partial charge is 0.465 e. The van der Waals surface area contributed by atoms with Gasteiger partial charge in [-0.3, -0.25) is 9.69 Å². The number of anilines is 2. The van der Waals surface area contributed by atoms with Crippen LogP contribution in [0.1, 0.15) is 39.0 Å². The maximum atomic E-state index is 13.3. The van der Waals surface area contributed by atoms with Crippen molar-refractivity contribution in [2.45, 2.75) is 55.2 Å². The number of hydrogen-bond donors (Lipinski definition) is 1. The zero-order chi connectivity index (χ0) is 24.7. The Morgan fingerprint density at radius 2 is 1.71 bits per heavy atom. The van der Waals surface area contributed by atoms with Crippen LogP contribution in [0.4, 0.5) is 16.2 Å². The van der Waals surface area contributed by atoms with Crippen LogP contribution in [-0.2, 0) is 19.4 Å². The third-order valence-electron chi connectivity index (χ3n) is 7.18. The van der Waals surface area contributed by atoms with E-state index in [1.54, 1.807) is 35.2 Å². The summed E-state index contributed by atoms with van der Waals surface area (Å²) in [6.07, 6.45) is 2.39. The molecule has 0 aromatic heterocycles. The Morgan fingerprint density at radius 1 is 1.00 bits per heavy atom. The van der Waals surface area contributed by atoms with Gasteiger partial charge in [-0.1, -0.05) is 18.2 Å². The van der Waals surface area contributed by atoms with Gasteiger partial charge in [0.1, 0.15) is 0 Å². The first-order valence-electron chi connectivity index (χ1n) is 12.1. The summed E-state index contributed by atoms with van der Waals surface area (Å²) in [5, 5.41) is 9.59. The van der Waals surface area contributed by atoms with E-state index in [0.29, 0.717) is 55.0 Å². The van der Waals surface area contributed by atoms with Gasteiger partial charge in [-0.05, 0) is 73.9 Å². The van der Waals surface area contributed by atoms with Gasteiger partial charge in [0.05, 0.1) is 27.6 Å². The van der Waals surface area contributed by atoms with Crippen LogP contribution >= 0.6 is 0 Å². The molecule has 2 heterocycles. The summed E-state index contributed by atoms with van der Waals surface area (Å²) < 4.78 is 30.9. The van der Waals surface area contributed by atoms with Crippen LogP contribution in [-0.4, -0.2) is 56.6 Å². The van der Waals surface area contributed by atoms with Gasteiger partial charge in [0.2, 0.25) is 5.91 Å². The Labute approximate surface area is 205 Å². The van der Waals surface area contributed by atoms with Crippen LogP contribution in [0.2, 0.25) is 0 Å². The van der Waals surface area contributed by atoms with Gasteiger partial charge in [-0.2, -0.15) is 0 Å². The molecule has 1 aliphatic carbocycles. The highest BCUT2D eigenvalue weighted by molar-refractivity contribution is 7.92. The Morgan fingerprint density at radius 3 is 2.40 bits per heavy atom. The summed E-state index contributed by atoms with van der Waals surface area (Å²) in [5.74, 6) is 0.251. The lowest BCUT2D eigenvalue weighted by Crippen LogP contribution is -2.52. The van der Waals surface area contributed by atoms with Crippen molar-refractivity contribution in [1.82, 2.24) is 0 Å². The monoisotopic (exact) mass is 498 g/mol. The smallest absolute Gasteiger partial charge is 0.411 e. The van der Waals surface area contributed by atoms with Gasteiger partial charge in [-0.15, -0.1) is 0 Å². The molecule has 3 aliphatic rings. The summed E-state index contributed by atoms with van der Waals surface area (Å²) in [5.41, 5.74) is 2.39. The summed E-state index contributed by atoms with van der Waals surface area (Å²) in [6.45, 7) is 3.35. The number of ether oxygens (including phenoxy) is 1. The number of carbonyl (C=O) groups excluding carboxylic acids is 1. The van der Waals surface area contributed by atoms with E-state index in [-0.39, 0.29) is 34.6 Å². The molecule has 0 spiro atoms. The van der Waals surface area contributed by atoms with E-state index in [4.69, 9.17) is 4.74 Å². The number of sulfone groups is 1. The van der Waals surface area contributed by atoms with Gasteiger partial charge in [0.25, 0.3) is 0 Å². The van der Waals surface area contributed by atoms with Crippen LogP contribution in [0.15, 0.2) is 47.4 Å². The second-order valence-electron chi connectivity index (χ2n) is 9.74. The molecular weight excluding hydrogens is 468 g/mol. The molecule has 1 atom stereocenters. The zero-order valence-electron chi connectivity index (χ0n) is 19.7. The van der Waals surface area contributed by atoms with Crippen LogP contribution in [0.25, 0.3) is 11.1 Å². The maximum absolute atomic E-state index is 13.3. The van der Waals surface area contributed by atoms with Crippen LogP contribution in [0.3, 0.4) is 0 Å². The molecule has 1 saturated carbocycles. The van der Waals surface area contributed by atoms with E-state index in [0.717, 1.165) is 12.8 Å². The predicted molar refractivity (Wildman–Crippen MR) is 133 cm³/mol. The number of fused-ring (bicyclic) bond motifs is 1. The second-order valence-corrected chi connectivity index (χ2v) is 12.0. The molecule has 2 amide bonds. The highest BCUT2D eigenvalue weighted by Gasteiger charge is 2.38. The third kappa shape index (κ3) is 4.67. The highest BCUT2D eigenvalue weighted by Crippen LogP contribution is 2.41. The molecule has 0 unspecified atom stereocenters. The van der Waals surface area contributed by atoms with Gasteiger partial charge < -0.3 is 14.7 Å². The molecule has 2 aromatic rings. The van der Waals surface area contributed by atoms with Crippen LogP contribution < -0.4 is 9.80 Å². The van der Waals surface area contributed by atoms with E-state index < -0.39 is 15.9 Å². The lowest BCUT2D eigenvalue weighted by molar-refractivity contribution is -0.120. The summed E-state index contributed by atoms with van der Waals surface area (Å²) in [4.78, 5) is 28.7. The summed E-state index contributed by atoms with van der Waals surface area (Å²) in [6, 6.07) is 11.8. The SMILES string of the molecule is C[C@H]1CN(C(=O)O)c2cc(-c3cccc(S(=O)(=O)C4CC4)c3)ccc2N1C(=O)CC1CCOCC1. The van der Waals surface area contributed by atoms with Gasteiger partial charge in [0.15, 0.2) is 9.84 Å². The van der Waals surface area contributed by atoms with Crippen LogP contribution in [0.5, 0.6) is 0 Å². The van der Waals surface area contributed by atoms with Crippen molar-refractivity contribution in [2.75, 3.05) is 29.6 Å². The van der Waals surface area contributed by atoms with Gasteiger partial charge in [0, 0.05) is 26.2 Å². The molecule has 186 valence electrons. The molecule has 2 fully saturated rings. The second kappa shape index (κ2) is 9.28. The predicted octanol–water partition coefficient (Wildman–Crippen LogP) is 4.33. The fraction of sp³-hybridized carbons (Fsp3) is 0.462. The van der Waals surface area contributed by atoms with Crippen molar-refractivity contribution in [3.8, 4) is 11.1 Å². The van der Waals surface area contributed by atoms with Gasteiger partial charge >= 0.3 is 6.09 Å². The number of carboxylic acid groups (broad SMARTS) is 1. The Kier molecular flexibility index (Phi) is 6.31. The average Bonchev–Trinajstić information content (AvgIpc) is 3.70. The fourth-order valence-corrected chi connectivity index (χ4v) is 6.79. The summed E-state index contributed by atoms with van der Waals surface area (Å²) in [7, 11) is -3.35. The van der Waals surface area contributed by atoms with Crippen molar-refractivity contribution in [3.05, 3.63) is 42.5 Å². The Bertz CT molecular complexity index is 1250. The number of carbonyl (C=O) groups is 2.